The third-order valence-electron chi connectivity index (χ3n) is 4.32. The molecule has 13 heteroatoms. The number of rotatable bonds is 4. The summed E-state index contributed by atoms with van der Waals surface area (Å²) in [6, 6.07) is 0.923. The van der Waals surface area contributed by atoms with E-state index in [-0.39, 0.29) is 24.0 Å². The molecule has 1 aliphatic heterocycles. The molecule has 0 aromatic carbocycles. The summed E-state index contributed by atoms with van der Waals surface area (Å²) in [6.07, 6.45) is -4.54. The first-order chi connectivity index (χ1) is 13.2. The molecule has 3 rings (SSSR count). The summed E-state index contributed by atoms with van der Waals surface area (Å²) in [5, 5.41) is 17.4. The van der Waals surface area contributed by atoms with Crippen molar-refractivity contribution in [2.45, 2.75) is 19.6 Å². The molecule has 0 radical (unpaired) electrons. The number of halogens is 3. The van der Waals surface area contributed by atoms with Crippen molar-refractivity contribution in [3.05, 3.63) is 28.5 Å². The molecule has 9 nitrogen and oxygen atoms in total. The average Bonchev–Trinajstić information content (AvgIpc) is 3.28. The SMILES string of the molecule is Cc1cc(C(F)(F)F)nn1CC(=O)N1CCN(c2nc(C(N)=NO)cs2)CC1. The quantitative estimate of drug-likeness (QED) is 0.334. The summed E-state index contributed by atoms with van der Waals surface area (Å²) in [5.74, 6) is -0.375. The van der Waals surface area contributed by atoms with Crippen molar-refractivity contribution in [3.8, 4) is 0 Å². The largest absolute Gasteiger partial charge is 0.435 e. The molecule has 0 aliphatic carbocycles. The zero-order chi connectivity index (χ0) is 20.5. The van der Waals surface area contributed by atoms with Crippen LogP contribution in [0.3, 0.4) is 0 Å². The Bertz CT molecular complexity index is 885. The summed E-state index contributed by atoms with van der Waals surface area (Å²) in [7, 11) is 0. The number of piperazine rings is 1. The fraction of sp³-hybridized carbons (Fsp3) is 0.467. The van der Waals surface area contributed by atoms with Crippen LogP contribution in [0.15, 0.2) is 16.6 Å². The Hall–Kier alpha value is -2.83. The maximum absolute atomic E-state index is 12.7. The highest BCUT2D eigenvalue weighted by Gasteiger charge is 2.34. The molecule has 2 aromatic rings. The number of hydrogen-bond acceptors (Lipinski definition) is 7. The number of thiazole rings is 1. The molecule has 0 atom stereocenters. The molecule has 0 unspecified atom stereocenters. The third-order valence-corrected chi connectivity index (χ3v) is 5.22. The molecule has 3 heterocycles. The number of anilines is 1. The van der Waals surface area contributed by atoms with Crippen LogP contribution in [-0.2, 0) is 17.5 Å². The average molecular weight is 417 g/mol. The number of carbonyl (C=O) groups is 1. The van der Waals surface area contributed by atoms with Crippen molar-refractivity contribution in [3.63, 3.8) is 0 Å². The predicted octanol–water partition coefficient (Wildman–Crippen LogP) is 1.11. The molecule has 1 saturated heterocycles. The smallest absolute Gasteiger partial charge is 0.409 e. The number of aromatic nitrogens is 3. The second-order valence-corrected chi connectivity index (χ2v) is 7.03. The Morgan fingerprint density at radius 1 is 1.36 bits per heavy atom. The Kier molecular flexibility index (Phi) is 5.45. The van der Waals surface area contributed by atoms with Crippen LogP contribution < -0.4 is 10.6 Å². The highest BCUT2D eigenvalue weighted by molar-refractivity contribution is 7.13. The van der Waals surface area contributed by atoms with Crippen molar-refractivity contribution in [1.29, 1.82) is 0 Å². The van der Waals surface area contributed by atoms with Crippen LogP contribution in [0.1, 0.15) is 17.1 Å². The topological polar surface area (TPSA) is 113 Å². The van der Waals surface area contributed by atoms with E-state index in [4.69, 9.17) is 10.9 Å². The van der Waals surface area contributed by atoms with E-state index in [1.54, 1.807) is 10.3 Å². The molecule has 152 valence electrons. The highest BCUT2D eigenvalue weighted by atomic mass is 32.1. The fourth-order valence-corrected chi connectivity index (χ4v) is 3.64. The van der Waals surface area contributed by atoms with Gasteiger partial charge in [0.1, 0.15) is 12.2 Å². The van der Waals surface area contributed by atoms with E-state index < -0.39 is 11.9 Å². The van der Waals surface area contributed by atoms with Gasteiger partial charge in [0, 0.05) is 37.3 Å². The summed E-state index contributed by atoms with van der Waals surface area (Å²) >= 11 is 1.34. The lowest BCUT2D eigenvalue weighted by molar-refractivity contribution is -0.142. The standard InChI is InChI=1S/C15H18F3N7O2S/c1-9-6-11(15(16,17)18)21-25(9)7-12(26)23-2-4-24(5-3-23)14-20-10(8-28-14)13(19)22-27/h6,8,27H,2-5,7H2,1H3,(H2,19,22). The fourth-order valence-electron chi connectivity index (χ4n) is 2.76. The molecular formula is C15H18F3N7O2S. The van der Waals surface area contributed by atoms with E-state index >= 15 is 0 Å². The molecule has 1 aliphatic rings. The lowest BCUT2D eigenvalue weighted by Gasteiger charge is -2.34. The lowest BCUT2D eigenvalue weighted by Crippen LogP contribution is -2.49. The van der Waals surface area contributed by atoms with Crippen LogP contribution in [0.2, 0.25) is 0 Å². The maximum Gasteiger partial charge on any atom is 0.435 e. The molecule has 3 N–H and O–H groups in total. The Morgan fingerprint density at radius 2 is 2.04 bits per heavy atom. The molecule has 2 aromatic heterocycles. The summed E-state index contributed by atoms with van der Waals surface area (Å²) in [6.45, 7) is 3.08. The number of nitrogens with zero attached hydrogens (tertiary/aromatic N) is 6. The second-order valence-electron chi connectivity index (χ2n) is 6.19. The van der Waals surface area contributed by atoms with Gasteiger partial charge in [-0.2, -0.15) is 18.3 Å². The van der Waals surface area contributed by atoms with Crippen molar-refractivity contribution >= 4 is 28.2 Å². The molecule has 1 fully saturated rings. The van der Waals surface area contributed by atoms with E-state index in [2.05, 4.69) is 15.2 Å². The number of aryl methyl sites for hydroxylation is 1. The molecule has 1 amide bonds. The first-order valence-corrected chi connectivity index (χ1v) is 9.15. The molecule has 0 spiro atoms. The molecule has 0 bridgehead atoms. The summed E-state index contributed by atoms with van der Waals surface area (Å²) in [4.78, 5) is 20.3. The van der Waals surface area contributed by atoms with E-state index in [1.165, 1.54) is 18.3 Å². The number of carbonyl (C=O) groups excluding carboxylic acids is 1. The number of amides is 1. The third kappa shape index (κ3) is 4.18. The minimum atomic E-state index is -4.54. The Morgan fingerprint density at radius 3 is 2.61 bits per heavy atom. The zero-order valence-electron chi connectivity index (χ0n) is 14.8. The monoisotopic (exact) mass is 417 g/mol. The number of alkyl halides is 3. The molecule has 0 saturated carbocycles. The Labute approximate surface area is 161 Å². The van der Waals surface area contributed by atoms with Crippen LogP contribution in [0.25, 0.3) is 0 Å². The van der Waals surface area contributed by atoms with Gasteiger partial charge in [-0.1, -0.05) is 5.16 Å². The van der Waals surface area contributed by atoms with Gasteiger partial charge in [-0.15, -0.1) is 11.3 Å². The molecule has 28 heavy (non-hydrogen) atoms. The number of oxime groups is 1. The van der Waals surface area contributed by atoms with Gasteiger partial charge in [-0.05, 0) is 13.0 Å². The normalized spacial score (nSPS) is 15.9. The van der Waals surface area contributed by atoms with Crippen LogP contribution >= 0.6 is 11.3 Å². The van der Waals surface area contributed by atoms with E-state index in [0.29, 0.717) is 37.0 Å². The van der Waals surface area contributed by atoms with Gasteiger partial charge in [-0.25, -0.2) is 4.98 Å². The van der Waals surface area contributed by atoms with Gasteiger partial charge in [0.15, 0.2) is 16.7 Å². The van der Waals surface area contributed by atoms with Crippen LogP contribution in [0.5, 0.6) is 0 Å². The van der Waals surface area contributed by atoms with Crippen molar-refractivity contribution in [1.82, 2.24) is 19.7 Å². The van der Waals surface area contributed by atoms with Crippen LogP contribution in [0.4, 0.5) is 18.3 Å². The van der Waals surface area contributed by atoms with Gasteiger partial charge in [0.05, 0.1) is 0 Å². The highest BCUT2D eigenvalue weighted by Crippen LogP contribution is 2.28. The van der Waals surface area contributed by atoms with Gasteiger partial charge in [-0.3, -0.25) is 9.48 Å². The van der Waals surface area contributed by atoms with Gasteiger partial charge >= 0.3 is 6.18 Å². The minimum Gasteiger partial charge on any atom is -0.409 e. The lowest BCUT2D eigenvalue weighted by atomic mass is 10.3. The van der Waals surface area contributed by atoms with E-state index in [9.17, 15) is 18.0 Å². The number of nitrogens with two attached hydrogens (primary N) is 1. The second kappa shape index (κ2) is 7.66. The van der Waals surface area contributed by atoms with E-state index in [1.807, 2.05) is 4.90 Å². The minimum absolute atomic E-state index is 0.0795. The van der Waals surface area contributed by atoms with Gasteiger partial charge in [0.2, 0.25) is 5.91 Å². The van der Waals surface area contributed by atoms with Crippen molar-refractivity contribution in [2.24, 2.45) is 10.9 Å². The van der Waals surface area contributed by atoms with Crippen molar-refractivity contribution in [2.75, 3.05) is 31.1 Å². The number of hydrogen-bond donors (Lipinski definition) is 2. The van der Waals surface area contributed by atoms with Crippen molar-refractivity contribution < 1.29 is 23.2 Å². The summed E-state index contributed by atoms with van der Waals surface area (Å²) < 4.78 is 39.3. The maximum atomic E-state index is 12.7. The zero-order valence-corrected chi connectivity index (χ0v) is 15.7. The number of amidine groups is 1. The van der Waals surface area contributed by atoms with Gasteiger partial charge in [0.25, 0.3) is 0 Å². The van der Waals surface area contributed by atoms with E-state index in [0.717, 1.165) is 10.7 Å². The first kappa shape index (κ1) is 19.9. The van der Waals surface area contributed by atoms with Gasteiger partial charge < -0.3 is 20.7 Å². The van der Waals surface area contributed by atoms with Crippen LogP contribution in [-0.4, -0.2) is 62.8 Å². The Balaban J connectivity index is 1.58. The first-order valence-electron chi connectivity index (χ1n) is 8.27. The van der Waals surface area contributed by atoms with Crippen LogP contribution in [0, 0.1) is 6.92 Å². The summed E-state index contributed by atoms with van der Waals surface area (Å²) in [5.41, 5.74) is 5.15. The molecular weight excluding hydrogens is 399 g/mol. The predicted molar refractivity (Wildman–Crippen MR) is 95.4 cm³/mol.